The molecule has 1 heterocycles. The Bertz CT molecular complexity index is 1050. The number of aromatic nitrogens is 1. The van der Waals surface area contributed by atoms with Crippen LogP contribution in [0.3, 0.4) is 0 Å². The van der Waals surface area contributed by atoms with E-state index in [0.29, 0.717) is 17.9 Å². The number of carbonyl (C=O) groups excluding carboxylic acids is 1. The third kappa shape index (κ3) is 2.23. The van der Waals surface area contributed by atoms with Crippen molar-refractivity contribution in [2.24, 2.45) is 0 Å². The van der Waals surface area contributed by atoms with Gasteiger partial charge in [0.15, 0.2) is 5.78 Å². The summed E-state index contributed by atoms with van der Waals surface area (Å²) in [6, 6.07) is 15.6. The molecule has 27 heavy (non-hydrogen) atoms. The van der Waals surface area contributed by atoms with Gasteiger partial charge in [-0.25, -0.2) is 0 Å². The maximum atomic E-state index is 13.5. The molecule has 0 radical (unpaired) electrons. The molecule has 2 aliphatic carbocycles. The molecular weight excluding hydrogens is 338 g/mol. The summed E-state index contributed by atoms with van der Waals surface area (Å²) in [6.45, 7) is 4.41. The fraction of sp³-hybridized carbons (Fsp3) is 0.217. The highest BCUT2D eigenvalue weighted by Crippen LogP contribution is 2.52. The first-order chi connectivity index (χ1) is 13.2. The molecule has 3 aromatic rings. The van der Waals surface area contributed by atoms with Gasteiger partial charge in [-0.05, 0) is 24.5 Å². The highest BCUT2D eigenvalue weighted by Gasteiger charge is 2.50. The van der Waals surface area contributed by atoms with Crippen LogP contribution in [0.5, 0.6) is 5.75 Å². The molecule has 1 atom stereocenters. The fourth-order valence-corrected chi connectivity index (χ4v) is 4.36. The van der Waals surface area contributed by atoms with Crippen LogP contribution in [0.25, 0.3) is 11.3 Å². The lowest BCUT2D eigenvalue weighted by atomic mass is 9.63. The Morgan fingerprint density at radius 3 is 2.85 bits per heavy atom. The molecule has 0 fully saturated rings. The van der Waals surface area contributed by atoms with Crippen LogP contribution in [0.15, 0.2) is 65.7 Å². The van der Waals surface area contributed by atoms with E-state index in [1.54, 1.807) is 6.08 Å². The van der Waals surface area contributed by atoms with Crippen LogP contribution in [0.4, 0.5) is 0 Å². The number of fused-ring (bicyclic) bond motifs is 2. The molecule has 0 saturated heterocycles. The maximum absolute atomic E-state index is 13.5. The van der Waals surface area contributed by atoms with E-state index < -0.39 is 5.41 Å². The molecule has 1 aromatic heterocycles. The second kappa shape index (κ2) is 5.95. The summed E-state index contributed by atoms with van der Waals surface area (Å²) in [5.41, 5.74) is 3.32. The van der Waals surface area contributed by atoms with Crippen molar-refractivity contribution < 1.29 is 14.1 Å². The van der Waals surface area contributed by atoms with Gasteiger partial charge in [0.25, 0.3) is 0 Å². The van der Waals surface area contributed by atoms with Crippen LogP contribution in [-0.4, -0.2) is 10.9 Å². The lowest BCUT2D eigenvalue weighted by molar-refractivity contribution is 0.0898. The number of Topliss-reactive ketones (excluding diaryl/α,β-unsaturated/α-hetero) is 1. The number of aryl methyl sites for hydroxylation is 1. The van der Waals surface area contributed by atoms with Crippen LogP contribution in [0, 0.1) is 0 Å². The SMILES string of the molecule is C=C[C@@]12CCCc3onc(c31)-c1c(OCc3ccccc3)cccc1C2=O. The van der Waals surface area contributed by atoms with Gasteiger partial charge >= 0.3 is 0 Å². The first-order valence-corrected chi connectivity index (χ1v) is 9.22. The van der Waals surface area contributed by atoms with Crippen molar-refractivity contribution in [2.75, 3.05) is 0 Å². The molecule has 134 valence electrons. The Morgan fingerprint density at radius 2 is 2.04 bits per heavy atom. The van der Waals surface area contributed by atoms with Gasteiger partial charge in [0.05, 0.1) is 11.0 Å². The first-order valence-electron chi connectivity index (χ1n) is 9.22. The number of ketones is 1. The highest BCUT2D eigenvalue weighted by molar-refractivity contribution is 6.14. The molecule has 0 unspecified atom stereocenters. The second-order valence-electron chi connectivity index (χ2n) is 7.14. The Labute approximate surface area is 157 Å². The predicted molar refractivity (Wildman–Crippen MR) is 102 cm³/mol. The van der Waals surface area contributed by atoms with Gasteiger partial charge in [0.1, 0.15) is 23.8 Å². The molecule has 2 aromatic carbocycles. The van der Waals surface area contributed by atoms with Crippen molar-refractivity contribution in [1.82, 2.24) is 5.16 Å². The number of hydrogen-bond acceptors (Lipinski definition) is 4. The Kier molecular flexibility index (Phi) is 3.54. The normalized spacial score (nSPS) is 19.9. The molecule has 2 aliphatic rings. The third-order valence-electron chi connectivity index (χ3n) is 5.68. The molecule has 0 bridgehead atoms. The minimum Gasteiger partial charge on any atom is -0.488 e. The quantitative estimate of drug-likeness (QED) is 0.625. The Hall–Kier alpha value is -3.14. The second-order valence-corrected chi connectivity index (χ2v) is 7.14. The zero-order chi connectivity index (χ0) is 18.4. The largest absolute Gasteiger partial charge is 0.488 e. The van der Waals surface area contributed by atoms with Crippen molar-refractivity contribution in [2.45, 2.75) is 31.3 Å². The number of ether oxygens (including phenoxy) is 1. The average Bonchev–Trinajstić information content (AvgIpc) is 3.16. The van der Waals surface area contributed by atoms with Crippen LogP contribution >= 0.6 is 0 Å². The summed E-state index contributed by atoms with van der Waals surface area (Å²) in [4.78, 5) is 13.5. The van der Waals surface area contributed by atoms with Crippen LogP contribution in [0.1, 0.15) is 40.1 Å². The van der Waals surface area contributed by atoms with Gasteiger partial charge in [-0.3, -0.25) is 4.79 Å². The van der Waals surface area contributed by atoms with Gasteiger partial charge in [-0.1, -0.05) is 53.7 Å². The van der Waals surface area contributed by atoms with E-state index in [1.807, 2.05) is 48.5 Å². The summed E-state index contributed by atoms with van der Waals surface area (Å²) in [7, 11) is 0. The minimum atomic E-state index is -0.728. The third-order valence-corrected chi connectivity index (χ3v) is 5.68. The van der Waals surface area contributed by atoms with Gasteiger partial charge in [-0.15, -0.1) is 6.58 Å². The summed E-state index contributed by atoms with van der Waals surface area (Å²) in [5, 5.41) is 4.35. The van der Waals surface area contributed by atoms with E-state index in [2.05, 4.69) is 11.7 Å². The van der Waals surface area contributed by atoms with Gasteiger partial charge in [0.2, 0.25) is 0 Å². The molecular formula is C23H19NO3. The summed E-state index contributed by atoms with van der Waals surface area (Å²) in [5.74, 6) is 1.52. The molecule has 0 amide bonds. The molecule has 4 nitrogen and oxygen atoms in total. The van der Waals surface area contributed by atoms with Crippen LogP contribution in [-0.2, 0) is 18.4 Å². The van der Waals surface area contributed by atoms with Crippen molar-refractivity contribution in [1.29, 1.82) is 0 Å². The molecule has 0 saturated carbocycles. The van der Waals surface area contributed by atoms with E-state index in [4.69, 9.17) is 9.26 Å². The zero-order valence-electron chi connectivity index (χ0n) is 14.9. The van der Waals surface area contributed by atoms with Crippen LogP contribution in [0.2, 0.25) is 0 Å². The van der Waals surface area contributed by atoms with E-state index in [-0.39, 0.29) is 5.78 Å². The number of hydrogen-bond donors (Lipinski definition) is 0. The molecule has 0 spiro atoms. The van der Waals surface area contributed by atoms with Gasteiger partial charge in [0, 0.05) is 17.5 Å². The fourth-order valence-electron chi connectivity index (χ4n) is 4.36. The maximum Gasteiger partial charge on any atom is 0.178 e. The zero-order valence-corrected chi connectivity index (χ0v) is 14.9. The van der Waals surface area contributed by atoms with E-state index in [9.17, 15) is 4.79 Å². The lowest BCUT2D eigenvalue weighted by Crippen LogP contribution is -2.40. The van der Waals surface area contributed by atoms with Crippen molar-refractivity contribution in [3.63, 3.8) is 0 Å². The van der Waals surface area contributed by atoms with Gasteiger partial charge < -0.3 is 9.26 Å². The summed E-state index contributed by atoms with van der Waals surface area (Å²) < 4.78 is 11.7. The predicted octanol–water partition coefficient (Wildman–Crippen LogP) is 4.88. The topological polar surface area (TPSA) is 52.3 Å². The first kappa shape index (κ1) is 16.1. The lowest BCUT2D eigenvalue weighted by Gasteiger charge is -2.36. The summed E-state index contributed by atoms with van der Waals surface area (Å²) >= 11 is 0. The molecule has 4 heteroatoms. The highest BCUT2D eigenvalue weighted by atomic mass is 16.5. The number of rotatable bonds is 4. The number of nitrogens with zero attached hydrogens (tertiary/aromatic N) is 1. The molecule has 5 rings (SSSR count). The van der Waals surface area contributed by atoms with Crippen molar-refractivity contribution in [3.05, 3.63) is 83.6 Å². The monoisotopic (exact) mass is 357 g/mol. The Balaban J connectivity index is 1.65. The number of benzene rings is 2. The van der Waals surface area contributed by atoms with E-state index in [1.165, 1.54) is 0 Å². The van der Waals surface area contributed by atoms with E-state index in [0.717, 1.165) is 47.4 Å². The van der Waals surface area contributed by atoms with E-state index >= 15 is 0 Å². The Morgan fingerprint density at radius 1 is 1.19 bits per heavy atom. The van der Waals surface area contributed by atoms with Gasteiger partial charge in [-0.2, -0.15) is 0 Å². The molecule has 0 N–H and O–H groups in total. The van der Waals surface area contributed by atoms with Crippen molar-refractivity contribution in [3.8, 4) is 17.0 Å². The minimum absolute atomic E-state index is 0.0642. The standard InChI is InChI=1S/C23H19NO3/c1-2-23-13-7-12-18-20(23)21(24-27-18)19-16(22(23)25)10-6-11-17(19)26-14-15-8-4-3-5-9-15/h2-6,8-11H,1,7,12-14H2/t23-/m1/s1. The number of carbonyl (C=O) groups is 1. The average molecular weight is 357 g/mol. The number of allylic oxidation sites excluding steroid dienone is 1. The van der Waals surface area contributed by atoms with Crippen molar-refractivity contribution >= 4 is 5.78 Å². The smallest absolute Gasteiger partial charge is 0.178 e. The molecule has 0 aliphatic heterocycles. The summed E-state index contributed by atoms with van der Waals surface area (Å²) in [6.07, 6.45) is 4.20. The van der Waals surface area contributed by atoms with Crippen LogP contribution < -0.4 is 4.74 Å².